The molecule has 0 fully saturated rings. The van der Waals surface area contributed by atoms with Crippen LogP contribution in [0.15, 0.2) is 0 Å². The summed E-state index contributed by atoms with van der Waals surface area (Å²) < 4.78 is 0. The van der Waals surface area contributed by atoms with Gasteiger partial charge in [-0.25, -0.2) is 10.8 Å². The number of nitrogens with two attached hydrogens (primary N) is 1. The molecule has 1 heterocycles. The Morgan fingerprint density at radius 2 is 2.17 bits per heavy atom. The Morgan fingerprint density at radius 1 is 1.50 bits per heavy atom. The van der Waals surface area contributed by atoms with Gasteiger partial charge in [-0.15, -0.1) is 0 Å². The molecule has 0 saturated carbocycles. The number of nitrogens with one attached hydrogen (secondary N) is 1. The second-order valence-electron chi connectivity index (χ2n) is 2.40. The molecule has 12 heavy (non-hydrogen) atoms. The van der Waals surface area contributed by atoms with Crippen LogP contribution in [0.25, 0.3) is 0 Å². The van der Waals surface area contributed by atoms with Crippen LogP contribution in [0.4, 0.5) is 5.82 Å². The highest BCUT2D eigenvalue weighted by molar-refractivity contribution is 6.28. The van der Waals surface area contributed by atoms with Crippen molar-refractivity contribution >= 4 is 17.4 Å². The third kappa shape index (κ3) is 1.65. The normalized spacial score (nSPS) is 10.0. The third-order valence-corrected chi connectivity index (χ3v) is 1.85. The van der Waals surface area contributed by atoms with Gasteiger partial charge in [0.25, 0.3) is 0 Å². The van der Waals surface area contributed by atoms with Crippen LogP contribution in [-0.4, -0.2) is 9.97 Å². The van der Waals surface area contributed by atoms with Crippen molar-refractivity contribution in [1.29, 1.82) is 0 Å². The van der Waals surface area contributed by atoms with E-state index in [1.165, 1.54) is 0 Å². The molecule has 0 aliphatic heterocycles. The molecule has 0 aliphatic rings. The third-order valence-electron chi connectivity index (χ3n) is 1.68. The minimum absolute atomic E-state index is 0.220. The van der Waals surface area contributed by atoms with Crippen molar-refractivity contribution in [1.82, 2.24) is 9.97 Å². The van der Waals surface area contributed by atoms with E-state index in [9.17, 15) is 0 Å². The first-order valence-electron chi connectivity index (χ1n) is 3.68. The first-order chi connectivity index (χ1) is 5.69. The summed E-state index contributed by atoms with van der Waals surface area (Å²) >= 11 is 5.64. The largest absolute Gasteiger partial charge is 0.308 e. The molecule has 1 aromatic heterocycles. The topological polar surface area (TPSA) is 63.8 Å². The van der Waals surface area contributed by atoms with E-state index in [4.69, 9.17) is 17.4 Å². The molecule has 0 aromatic carbocycles. The standard InChI is InChI=1S/C7H11ClN4/c1-3-5-4(2)10-7(8)11-6(5)12-9/h3,9H2,1-2H3,(H,10,11,12). The highest BCUT2D eigenvalue weighted by atomic mass is 35.5. The Kier molecular flexibility index (Phi) is 2.83. The van der Waals surface area contributed by atoms with Gasteiger partial charge in [-0.3, -0.25) is 0 Å². The Balaban J connectivity index is 3.24. The monoisotopic (exact) mass is 186 g/mol. The second-order valence-corrected chi connectivity index (χ2v) is 2.74. The van der Waals surface area contributed by atoms with Gasteiger partial charge in [-0.2, -0.15) is 4.98 Å². The Morgan fingerprint density at radius 3 is 2.67 bits per heavy atom. The predicted molar refractivity (Wildman–Crippen MR) is 49.0 cm³/mol. The molecule has 1 aromatic rings. The second kappa shape index (κ2) is 3.69. The van der Waals surface area contributed by atoms with Gasteiger partial charge >= 0.3 is 0 Å². The van der Waals surface area contributed by atoms with E-state index < -0.39 is 0 Å². The SMILES string of the molecule is CCc1c(C)nc(Cl)nc1NN. The zero-order valence-electron chi connectivity index (χ0n) is 7.06. The van der Waals surface area contributed by atoms with Gasteiger partial charge in [-0.05, 0) is 24.9 Å². The molecule has 5 heteroatoms. The van der Waals surface area contributed by atoms with Gasteiger partial charge in [0.1, 0.15) is 5.82 Å². The van der Waals surface area contributed by atoms with Crippen molar-refractivity contribution in [3.63, 3.8) is 0 Å². The molecule has 0 atom stereocenters. The quantitative estimate of drug-likeness (QED) is 0.415. The molecular formula is C7H11ClN4. The van der Waals surface area contributed by atoms with Gasteiger partial charge in [0, 0.05) is 11.3 Å². The van der Waals surface area contributed by atoms with Gasteiger partial charge in [-0.1, -0.05) is 6.92 Å². The fraction of sp³-hybridized carbons (Fsp3) is 0.429. The van der Waals surface area contributed by atoms with E-state index in [1.54, 1.807) is 0 Å². The summed E-state index contributed by atoms with van der Waals surface area (Å²) in [7, 11) is 0. The highest BCUT2D eigenvalue weighted by Gasteiger charge is 2.06. The van der Waals surface area contributed by atoms with E-state index in [0.29, 0.717) is 5.82 Å². The number of rotatable bonds is 2. The number of halogens is 1. The minimum atomic E-state index is 0.220. The number of nitrogens with zero attached hydrogens (tertiary/aromatic N) is 2. The van der Waals surface area contributed by atoms with Crippen LogP contribution < -0.4 is 11.3 Å². The van der Waals surface area contributed by atoms with Crippen molar-refractivity contribution in [2.45, 2.75) is 20.3 Å². The Labute approximate surface area is 76.1 Å². The summed E-state index contributed by atoms with van der Waals surface area (Å²) in [5.74, 6) is 5.87. The van der Waals surface area contributed by atoms with E-state index in [-0.39, 0.29) is 5.28 Å². The predicted octanol–water partition coefficient (Wildman–Crippen LogP) is 1.29. The van der Waals surface area contributed by atoms with Crippen LogP contribution in [0.3, 0.4) is 0 Å². The molecule has 0 aliphatic carbocycles. The fourth-order valence-corrected chi connectivity index (χ4v) is 1.32. The van der Waals surface area contributed by atoms with Crippen molar-refractivity contribution in [2.24, 2.45) is 5.84 Å². The number of aryl methyl sites for hydroxylation is 1. The fourth-order valence-electron chi connectivity index (χ4n) is 1.10. The Bertz CT molecular complexity index is 287. The van der Waals surface area contributed by atoms with Crippen LogP contribution >= 0.6 is 11.6 Å². The number of nitrogen functional groups attached to an aromatic ring is 1. The summed E-state index contributed by atoms with van der Waals surface area (Å²) in [4.78, 5) is 7.95. The lowest BCUT2D eigenvalue weighted by Gasteiger charge is -2.07. The number of aromatic nitrogens is 2. The molecule has 1 rings (SSSR count). The van der Waals surface area contributed by atoms with Crippen molar-refractivity contribution in [3.05, 3.63) is 16.5 Å². The van der Waals surface area contributed by atoms with E-state index >= 15 is 0 Å². The molecule has 0 amide bonds. The van der Waals surface area contributed by atoms with Crippen molar-refractivity contribution < 1.29 is 0 Å². The van der Waals surface area contributed by atoms with Crippen LogP contribution in [0.1, 0.15) is 18.2 Å². The first kappa shape index (κ1) is 9.22. The molecule has 0 unspecified atom stereocenters. The molecule has 0 spiro atoms. The molecule has 0 bridgehead atoms. The maximum Gasteiger partial charge on any atom is 0.224 e. The van der Waals surface area contributed by atoms with Crippen LogP contribution in [-0.2, 0) is 6.42 Å². The molecule has 0 saturated heterocycles. The summed E-state index contributed by atoms with van der Waals surface area (Å²) in [6.45, 7) is 3.90. The van der Waals surface area contributed by atoms with Crippen LogP contribution in [0, 0.1) is 6.92 Å². The van der Waals surface area contributed by atoms with E-state index in [2.05, 4.69) is 15.4 Å². The summed E-state index contributed by atoms with van der Waals surface area (Å²) in [6, 6.07) is 0. The zero-order valence-corrected chi connectivity index (χ0v) is 7.81. The first-order valence-corrected chi connectivity index (χ1v) is 4.06. The van der Waals surface area contributed by atoms with Crippen LogP contribution in [0.5, 0.6) is 0 Å². The number of hydrogen-bond donors (Lipinski definition) is 2. The smallest absolute Gasteiger partial charge is 0.224 e. The van der Waals surface area contributed by atoms with Crippen molar-refractivity contribution in [3.8, 4) is 0 Å². The van der Waals surface area contributed by atoms with Gasteiger partial charge in [0.05, 0.1) is 0 Å². The molecule has 0 radical (unpaired) electrons. The molecule has 3 N–H and O–H groups in total. The molecular weight excluding hydrogens is 176 g/mol. The zero-order chi connectivity index (χ0) is 9.14. The van der Waals surface area contributed by atoms with Gasteiger partial charge in [0.2, 0.25) is 5.28 Å². The molecule has 4 nitrogen and oxygen atoms in total. The van der Waals surface area contributed by atoms with Gasteiger partial charge < -0.3 is 5.43 Å². The summed E-state index contributed by atoms with van der Waals surface area (Å²) in [5, 5.41) is 0.220. The summed E-state index contributed by atoms with van der Waals surface area (Å²) in [6.07, 6.45) is 0.836. The van der Waals surface area contributed by atoms with Gasteiger partial charge in [0.15, 0.2) is 0 Å². The van der Waals surface area contributed by atoms with Crippen molar-refractivity contribution in [2.75, 3.05) is 5.43 Å². The molecule has 66 valence electrons. The Hall–Kier alpha value is -0.870. The lowest BCUT2D eigenvalue weighted by molar-refractivity contribution is 0.989. The summed E-state index contributed by atoms with van der Waals surface area (Å²) in [5.41, 5.74) is 4.36. The minimum Gasteiger partial charge on any atom is -0.308 e. The maximum absolute atomic E-state index is 5.64. The van der Waals surface area contributed by atoms with Crippen LogP contribution in [0.2, 0.25) is 5.28 Å². The number of hydrazine groups is 1. The lowest BCUT2D eigenvalue weighted by Crippen LogP contribution is -2.12. The highest BCUT2D eigenvalue weighted by Crippen LogP contribution is 2.17. The maximum atomic E-state index is 5.64. The van der Waals surface area contributed by atoms with E-state index in [1.807, 2.05) is 13.8 Å². The average Bonchev–Trinajstić information content (AvgIpc) is 2.03. The number of anilines is 1. The lowest BCUT2D eigenvalue weighted by atomic mass is 10.2. The van der Waals surface area contributed by atoms with E-state index in [0.717, 1.165) is 17.7 Å². The average molecular weight is 187 g/mol. The number of hydrogen-bond acceptors (Lipinski definition) is 4.